The van der Waals surface area contributed by atoms with E-state index in [4.69, 9.17) is 9.47 Å². The van der Waals surface area contributed by atoms with Gasteiger partial charge in [0.1, 0.15) is 11.5 Å². The summed E-state index contributed by atoms with van der Waals surface area (Å²) in [7, 11) is 3.43. The maximum atomic E-state index is 5.46. The first-order chi connectivity index (χ1) is 8.76. The molecule has 1 aromatic rings. The number of anilines is 1. The van der Waals surface area contributed by atoms with Gasteiger partial charge in [-0.1, -0.05) is 0 Å². The molecule has 2 saturated heterocycles. The van der Waals surface area contributed by atoms with Crippen LogP contribution in [0.5, 0.6) is 11.5 Å². The Kier molecular flexibility index (Phi) is 2.82. The summed E-state index contributed by atoms with van der Waals surface area (Å²) < 4.78 is 10.8. The van der Waals surface area contributed by atoms with Gasteiger partial charge in [-0.2, -0.15) is 0 Å². The van der Waals surface area contributed by atoms with Gasteiger partial charge in [0.15, 0.2) is 0 Å². The summed E-state index contributed by atoms with van der Waals surface area (Å²) in [6.07, 6.45) is 1.26. The maximum absolute atomic E-state index is 5.46. The van der Waals surface area contributed by atoms with E-state index in [2.05, 4.69) is 16.3 Å². The summed E-state index contributed by atoms with van der Waals surface area (Å²) in [5.41, 5.74) is 1.65. The number of nitrogens with one attached hydrogen (secondary N) is 1. The van der Waals surface area contributed by atoms with Crippen LogP contribution in [-0.4, -0.2) is 40.4 Å². The summed E-state index contributed by atoms with van der Waals surface area (Å²) in [5, 5.41) is 3.38. The molecule has 2 aliphatic rings. The molecule has 0 amide bonds. The molecule has 2 aliphatic heterocycles. The lowest BCUT2D eigenvalue weighted by Gasteiger charge is -2.39. The van der Waals surface area contributed by atoms with Crippen LogP contribution in [0.2, 0.25) is 0 Å². The minimum absolute atomic E-state index is 0.494. The predicted octanol–water partition coefficient (Wildman–Crippen LogP) is 1.50. The molecule has 18 heavy (non-hydrogen) atoms. The lowest BCUT2D eigenvalue weighted by atomic mass is 9.81. The molecule has 2 heterocycles. The van der Waals surface area contributed by atoms with Crippen molar-refractivity contribution in [3.8, 4) is 11.5 Å². The molecule has 0 atom stereocenters. The fraction of sp³-hybridized carbons (Fsp3) is 0.571. The van der Waals surface area contributed by atoms with Crippen molar-refractivity contribution in [2.24, 2.45) is 5.41 Å². The van der Waals surface area contributed by atoms with Crippen LogP contribution < -0.4 is 19.7 Å². The highest BCUT2D eigenvalue weighted by molar-refractivity contribution is 5.62. The number of benzene rings is 1. The molecule has 4 nitrogen and oxygen atoms in total. The second-order valence-corrected chi connectivity index (χ2v) is 5.31. The lowest BCUT2D eigenvalue weighted by molar-refractivity contribution is 0.199. The third-order valence-corrected chi connectivity index (χ3v) is 4.17. The minimum atomic E-state index is 0.494. The van der Waals surface area contributed by atoms with Crippen LogP contribution in [0.1, 0.15) is 6.42 Å². The number of methoxy groups -OCH3 is 2. The SMILES string of the molecule is COc1ccc(OC)c(N2CCC3(CNC3)C2)c1. The molecule has 0 bridgehead atoms. The summed E-state index contributed by atoms with van der Waals surface area (Å²) in [4.78, 5) is 2.42. The van der Waals surface area contributed by atoms with Gasteiger partial charge in [0.05, 0.1) is 19.9 Å². The largest absolute Gasteiger partial charge is 0.497 e. The number of hydrogen-bond acceptors (Lipinski definition) is 4. The fourth-order valence-corrected chi connectivity index (χ4v) is 2.95. The highest BCUT2D eigenvalue weighted by Gasteiger charge is 2.43. The van der Waals surface area contributed by atoms with Crippen LogP contribution >= 0.6 is 0 Å². The molecule has 0 unspecified atom stereocenters. The van der Waals surface area contributed by atoms with Crippen LogP contribution in [0.3, 0.4) is 0 Å². The molecule has 3 rings (SSSR count). The van der Waals surface area contributed by atoms with Crippen molar-refractivity contribution in [3.63, 3.8) is 0 Å². The monoisotopic (exact) mass is 248 g/mol. The first kappa shape index (κ1) is 11.7. The Balaban J connectivity index is 1.86. The normalized spacial score (nSPS) is 20.9. The van der Waals surface area contributed by atoms with Crippen LogP contribution in [0.25, 0.3) is 0 Å². The molecule has 1 aromatic carbocycles. The summed E-state index contributed by atoms with van der Waals surface area (Å²) >= 11 is 0. The van der Waals surface area contributed by atoms with Crippen molar-refractivity contribution >= 4 is 5.69 Å². The zero-order valence-electron chi connectivity index (χ0n) is 11.0. The second kappa shape index (κ2) is 4.35. The van der Waals surface area contributed by atoms with E-state index in [1.54, 1.807) is 14.2 Å². The molecule has 2 fully saturated rings. The molecule has 0 radical (unpaired) electrons. The zero-order valence-corrected chi connectivity index (χ0v) is 11.0. The van der Waals surface area contributed by atoms with E-state index in [9.17, 15) is 0 Å². The third kappa shape index (κ3) is 1.81. The molecule has 0 aliphatic carbocycles. The Bertz CT molecular complexity index is 443. The Morgan fingerprint density at radius 2 is 2.06 bits per heavy atom. The van der Waals surface area contributed by atoms with Gasteiger partial charge < -0.3 is 19.7 Å². The first-order valence-electron chi connectivity index (χ1n) is 6.44. The van der Waals surface area contributed by atoms with Gasteiger partial charge in [-0.05, 0) is 18.6 Å². The number of hydrogen-bond donors (Lipinski definition) is 1. The van der Waals surface area contributed by atoms with Gasteiger partial charge in [0.25, 0.3) is 0 Å². The average Bonchev–Trinajstić information content (AvgIpc) is 2.83. The van der Waals surface area contributed by atoms with Crippen molar-refractivity contribution in [3.05, 3.63) is 18.2 Å². The quantitative estimate of drug-likeness (QED) is 0.879. The predicted molar refractivity (Wildman–Crippen MR) is 71.7 cm³/mol. The van der Waals surface area contributed by atoms with E-state index in [0.717, 1.165) is 43.4 Å². The van der Waals surface area contributed by atoms with Crippen LogP contribution in [0, 0.1) is 5.41 Å². The maximum Gasteiger partial charge on any atom is 0.142 e. The molecule has 0 saturated carbocycles. The second-order valence-electron chi connectivity index (χ2n) is 5.31. The van der Waals surface area contributed by atoms with E-state index >= 15 is 0 Å². The third-order valence-electron chi connectivity index (χ3n) is 4.17. The average molecular weight is 248 g/mol. The minimum Gasteiger partial charge on any atom is -0.497 e. The van der Waals surface area contributed by atoms with Crippen LogP contribution in [0.4, 0.5) is 5.69 Å². The Morgan fingerprint density at radius 3 is 2.61 bits per heavy atom. The van der Waals surface area contributed by atoms with E-state index in [-0.39, 0.29) is 0 Å². The van der Waals surface area contributed by atoms with Gasteiger partial charge in [0.2, 0.25) is 0 Å². The number of ether oxygens (including phenoxy) is 2. The van der Waals surface area contributed by atoms with E-state index in [1.807, 2.05) is 12.1 Å². The summed E-state index contributed by atoms with van der Waals surface area (Å²) in [6.45, 7) is 4.51. The van der Waals surface area contributed by atoms with Crippen molar-refractivity contribution in [1.82, 2.24) is 5.32 Å². The zero-order chi connectivity index (χ0) is 12.6. The Morgan fingerprint density at radius 1 is 1.22 bits per heavy atom. The molecule has 98 valence electrons. The van der Waals surface area contributed by atoms with Gasteiger partial charge >= 0.3 is 0 Å². The Hall–Kier alpha value is -1.42. The summed E-state index contributed by atoms with van der Waals surface area (Å²) in [5.74, 6) is 1.82. The van der Waals surface area contributed by atoms with E-state index < -0.39 is 0 Å². The molecule has 1 spiro atoms. The van der Waals surface area contributed by atoms with E-state index in [0.29, 0.717) is 5.41 Å². The molecule has 0 aromatic heterocycles. The smallest absolute Gasteiger partial charge is 0.142 e. The van der Waals surface area contributed by atoms with Crippen molar-refractivity contribution in [2.75, 3.05) is 45.3 Å². The lowest BCUT2D eigenvalue weighted by Crippen LogP contribution is -2.54. The summed E-state index contributed by atoms with van der Waals surface area (Å²) in [6, 6.07) is 6.00. The molecule has 4 heteroatoms. The van der Waals surface area contributed by atoms with Gasteiger partial charge in [-0.15, -0.1) is 0 Å². The highest BCUT2D eigenvalue weighted by Crippen LogP contribution is 2.40. The van der Waals surface area contributed by atoms with Crippen molar-refractivity contribution in [1.29, 1.82) is 0 Å². The molecule has 1 N–H and O–H groups in total. The Labute approximate surface area is 108 Å². The molecular weight excluding hydrogens is 228 g/mol. The van der Waals surface area contributed by atoms with Crippen molar-refractivity contribution in [2.45, 2.75) is 6.42 Å². The first-order valence-corrected chi connectivity index (χ1v) is 6.44. The van der Waals surface area contributed by atoms with Crippen LogP contribution in [0.15, 0.2) is 18.2 Å². The molecular formula is C14H20N2O2. The number of nitrogens with zero attached hydrogens (tertiary/aromatic N) is 1. The number of rotatable bonds is 3. The van der Waals surface area contributed by atoms with Crippen LogP contribution in [-0.2, 0) is 0 Å². The van der Waals surface area contributed by atoms with Crippen molar-refractivity contribution < 1.29 is 9.47 Å². The standard InChI is InChI=1S/C14H20N2O2/c1-17-11-3-4-13(18-2)12(7-11)16-6-5-14(10-16)8-15-9-14/h3-4,7,15H,5-6,8-10H2,1-2H3. The topological polar surface area (TPSA) is 33.7 Å². The highest BCUT2D eigenvalue weighted by atomic mass is 16.5. The van der Waals surface area contributed by atoms with Gasteiger partial charge in [0, 0.05) is 37.7 Å². The fourth-order valence-electron chi connectivity index (χ4n) is 2.95. The van der Waals surface area contributed by atoms with E-state index in [1.165, 1.54) is 6.42 Å². The van der Waals surface area contributed by atoms with Gasteiger partial charge in [-0.3, -0.25) is 0 Å². The van der Waals surface area contributed by atoms with Gasteiger partial charge in [-0.25, -0.2) is 0 Å².